The summed E-state index contributed by atoms with van der Waals surface area (Å²) in [5, 5.41) is 5.56. The van der Waals surface area contributed by atoms with Crippen LogP contribution in [0.15, 0.2) is 109 Å². The van der Waals surface area contributed by atoms with Crippen molar-refractivity contribution in [2.45, 2.75) is 134 Å². The maximum atomic E-state index is 2.48. The minimum absolute atomic E-state index is 0. The minimum Gasteiger partial charge on any atom is -1.00 e. The summed E-state index contributed by atoms with van der Waals surface area (Å²) in [6.45, 7) is 9.03. The molecule has 0 radical (unpaired) electrons. The van der Waals surface area contributed by atoms with Gasteiger partial charge in [-0.25, -0.2) is 0 Å². The Hall–Kier alpha value is -2.22. The van der Waals surface area contributed by atoms with Crippen molar-refractivity contribution in [2.75, 3.05) is 0 Å². The molecule has 8 fully saturated rings. The van der Waals surface area contributed by atoms with Gasteiger partial charge in [-0.3, -0.25) is 0 Å². The van der Waals surface area contributed by atoms with Crippen LogP contribution in [-0.4, -0.2) is 5.43 Å². The Kier molecular flexibility index (Phi) is 13.9. The van der Waals surface area contributed by atoms with E-state index in [1.807, 2.05) is 0 Å². The average Bonchev–Trinajstić information content (AvgIpc) is 3.86. The van der Waals surface area contributed by atoms with Gasteiger partial charge < -0.3 is 24.8 Å². The van der Waals surface area contributed by atoms with Crippen molar-refractivity contribution >= 4 is 27.0 Å². The van der Waals surface area contributed by atoms with E-state index >= 15 is 0 Å². The Morgan fingerprint density at radius 1 is 0.525 bits per heavy atom. The number of hydrogen-bond acceptors (Lipinski definition) is 0. The van der Waals surface area contributed by atoms with Crippen molar-refractivity contribution in [2.24, 2.45) is 35.5 Å². The Morgan fingerprint density at radius 2 is 0.902 bits per heavy atom. The monoisotopic (exact) mass is 938 g/mol. The van der Waals surface area contributed by atoms with Crippen LogP contribution in [0.2, 0.25) is 12.1 Å². The molecule has 4 heteroatoms. The van der Waals surface area contributed by atoms with Gasteiger partial charge in [0.25, 0.3) is 0 Å². The molecule has 318 valence electrons. The van der Waals surface area contributed by atoms with Crippen LogP contribution in [0.4, 0.5) is 0 Å². The maximum absolute atomic E-state index is 2.48. The molecule has 6 aromatic carbocycles. The van der Waals surface area contributed by atoms with E-state index in [0.717, 1.165) is 41.9 Å². The molecule has 0 atom stereocenters. The summed E-state index contributed by atoms with van der Waals surface area (Å²) in [6.07, 6.45) is 19.0. The first-order valence-corrected chi connectivity index (χ1v) is 29.4. The minimum atomic E-state index is 0. The molecule has 8 aliphatic rings. The summed E-state index contributed by atoms with van der Waals surface area (Å²) in [7, 11) is 0. The van der Waals surface area contributed by atoms with Crippen molar-refractivity contribution in [1.29, 1.82) is 0 Å². The molecule has 0 nitrogen and oxygen atoms in total. The van der Waals surface area contributed by atoms with E-state index in [-0.39, 0.29) is 30.2 Å². The maximum Gasteiger partial charge on any atom is -0.00391 e. The van der Waals surface area contributed by atoms with Gasteiger partial charge in [-0.15, -0.1) is 69.1 Å². The summed E-state index contributed by atoms with van der Waals surface area (Å²) >= 11 is 1.80. The molecule has 14 rings (SSSR count). The van der Waals surface area contributed by atoms with Crippen molar-refractivity contribution in [3.8, 4) is 22.3 Å². The molecule has 6 aromatic rings. The topological polar surface area (TPSA) is 0 Å². The van der Waals surface area contributed by atoms with Gasteiger partial charge in [0.1, 0.15) is 0 Å². The van der Waals surface area contributed by atoms with Crippen LogP contribution in [0.25, 0.3) is 43.8 Å². The van der Waals surface area contributed by atoms with E-state index < -0.39 is 0 Å². The molecule has 0 amide bonds. The summed E-state index contributed by atoms with van der Waals surface area (Å²) in [5.41, 5.74) is 12.8. The van der Waals surface area contributed by atoms with Crippen LogP contribution < -0.4 is 24.8 Å². The Balaban J connectivity index is 0.000000145. The van der Waals surface area contributed by atoms with Gasteiger partial charge in [0.05, 0.1) is 0 Å². The van der Waals surface area contributed by atoms with Crippen LogP contribution in [0.5, 0.6) is 0 Å². The van der Waals surface area contributed by atoms with Gasteiger partial charge in [-0.05, 0) is 152 Å². The van der Waals surface area contributed by atoms with Crippen LogP contribution in [-0.2, 0) is 40.6 Å². The Bertz CT molecular complexity index is 2370. The summed E-state index contributed by atoms with van der Waals surface area (Å²) < 4.78 is 0. The fourth-order valence-electron chi connectivity index (χ4n) is 14.6. The molecule has 8 saturated carbocycles. The number of hydrogen-bond donors (Lipinski definition) is 0. The SMILES string of the molecule is CC[Si](=[Zr+2])CC.CCc1cc2c(-c3ccc(C45CC6CC(CC(C6)C4)C5)cc3)cccc2[cH-]1.Cc1cc2c(-c3ccc(C45CC6CC(CC(C6)C4)C5)cc3)cccc2[cH-]1.[Cl-].[Cl-]. The van der Waals surface area contributed by atoms with E-state index in [9.17, 15) is 0 Å². The first kappa shape index (κ1) is 45.4. The van der Waals surface area contributed by atoms with E-state index in [1.165, 1.54) is 144 Å². The zero-order chi connectivity index (χ0) is 40.3. The average molecular weight is 941 g/mol. The van der Waals surface area contributed by atoms with Crippen LogP contribution in [0.1, 0.15) is 120 Å². The van der Waals surface area contributed by atoms with E-state index in [4.69, 9.17) is 0 Å². The zero-order valence-corrected chi connectivity index (χ0v) is 42.2. The quantitative estimate of drug-likeness (QED) is 0.111. The number of fused-ring (bicyclic) bond motifs is 2. The van der Waals surface area contributed by atoms with Gasteiger partial charge in [-0.1, -0.05) is 85.6 Å². The molecule has 0 unspecified atom stereocenters. The molecular weight excluding hydrogens is 875 g/mol. The smallest absolute Gasteiger partial charge is 0.00391 e. The Morgan fingerprint density at radius 3 is 1.26 bits per heavy atom. The first-order valence-electron chi connectivity index (χ1n) is 23.8. The summed E-state index contributed by atoms with van der Waals surface area (Å²) in [6, 6.07) is 45.3. The predicted octanol–water partition coefficient (Wildman–Crippen LogP) is 9.83. The number of benzene rings is 4. The van der Waals surface area contributed by atoms with Crippen LogP contribution >= 0.6 is 0 Å². The molecule has 8 aliphatic carbocycles. The molecule has 61 heavy (non-hydrogen) atoms. The third-order valence-corrected chi connectivity index (χ3v) is 23.6. The number of halogens is 2. The fourth-order valence-corrected chi connectivity index (χ4v) is 15.1. The third kappa shape index (κ3) is 8.94. The standard InChI is InChI=1S/C27H29.C26H27.C4H10Si.2ClH.Zr/c1-2-18-13-23-4-3-5-25(26(23)14-18)22-6-8-24(9-7-22)27-15-19-10-20(16-27)12-21(11-19)17-27;1-17-9-22-3-2-4-24(25(22)10-17)21-5-7-23(8-6-21)26-14-18-11-19(15-26)13-20(12-18)16-26;1-3-5-4-2;;;/h3-9,13-14,19-21H,2,10-12,15-17H2,1H3;2-10,18-20H,11-16H2,1H3;3-4H2,1-2H3;2*1H;/q2*-1;;;;+2/p-2. The first-order chi connectivity index (χ1) is 28.7. The van der Waals surface area contributed by atoms with Crippen molar-refractivity contribution < 1.29 is 48.1 Å². The second-order valence-corrected chi connectivity index (χ2v) is 28.6. The van der Waals surface area contributed by atoms with E-state index in [2.05, 4.69) is 137 Å². The van der Waals surface area contributed by atoms with Crippen molar-refractivity contribution in [3.63, 3.8) is 0 Å². The van der Waals surface area contributed by atoms with Gasteiger partial charge in [0.2, 0.25) is 0 Å². The van der Waals surface area contributed by atoms with Crippen molar-refractivity contribution in [1.82, 2.24) is 0 Å². The van der Waals surface area contributed by atoms with Gasteiger partial charge >= 0.3 is 54.7 Å². The van der Waals surface area contributed by atoms with Gasteiger partial charge in [0, 0.05) is 0 Å². The largest absolute Gasteiger partial charge is 1.00 e. The van der Waals surface area contributed by atoms with E-state index in [0.29, 0.717) is 10.8 Å². The van der Waals surface area contributed by atoms with Gasteiger partial charge in [0.15, 0.2) is 0 Å². The molecule has 0 saturated heterocycles. The van der Waals surface area contributed by atoms with Gasteiger partial charge in [-0.2, -0.15) is 12.1 Å². The molecule has 0 spiro atoms. The molecule has 0 aromatic heterocycles. The third-order valence-electron chi connectivity index (χ3n) is 16.7. The van der Waals surface area contributed by atoms with E-state index in [1.54, 1.807) is 34.5 Å². The number of aryl methyl sites for hydroxylation is 2. The molecular formula is C57H66Cl2SiZr-2. The van der Waals surface area contributed by atoms with Crippen LogP contribution in [0, 0.1) is 42.4 Å². The normalized spacial score (nSPS) is 28.7. The fraction of sp³-hybridized carbons (Fsp3) is 0.474. The van der Waals surface area contributed by atoms with Crippen molar-refractivity contribution in [3.05, 3.63) is 131 Å². The second-order valence-electron chi connectivity index (χ2n) is 20.7. The Labute approximate surface area is 395 Å². The molecule has 0 heterocycles. The second kappa shape index (κ2) is 18.7. The number of rotatable bonds is 7. The molecule has 8 bridgehead atoms. The molecule has 0 aliphatic heterocycles. The summed E-state index contributed by atoms with van der Waals surface area (Å²) in [4.78, 5) is 0. The molecule has 0 N–H and O–H groups in total. The zero-order valence-electron chi connectivity index (χ0n) is 37.2. The predicted molar refractivity (Wildman–Crippen MR) is 250 cm³/mol. The summed E-state index contributed by atoms with van der Waals surface area (Å²) in [5.74, 6) is 6.09. The van der Waals surface area contributed by atoms with Crippen LogP contribution in [0.3, 0.4) is 0 Å².